The molecule has 0 spiro atoms. The van der Waals surface area contributed by atoms with Gasteiger partial charge in [0.1, 0.15) is 0 Å². The maximum absolute atomic E-state index is 5.59. The molecule has 1 aliphatic heterocycles. The van der Waals surface area contributed by atoms with Gasteiger partial charge in [0.15, 0.2) is 0 Å². The van der Waals surface area contributed by atoms with E-state index in [-0.39, 0.29) is 0 Å². The van der Waals surface area contributed by atoms with Gasteiger partial charge in [-0.25, -0.2) is 0 Å². The molecule has 1 saturated heterocycles. The van der Waals surface area contributed by atoms with Crippen molar-refractivity contribution in [3.8, 4) is 0 Å². The van der Waals surface area contributed by atoms with Crippen LogP contribution in [0, 0.1) is 5.92 Å². The van der Waals surface area contributed by atoms with Gasteiger partial charge in [-0.3, -0.25) is 0 Å². The zero-order valence-electron chi connectivity index (χ0n) is 12.0. The largest absolute Gasteiger partial charge is 0.382 e. The average molecular weight is 259 g/mol. The van der Waals surface area contributed by atoms with Crippen LogP contribution in [0.25, 0.3) is 0 Å². The number of ether oxygens (including phenoxy) is 3. The summed E-state index contributed by atoms with van der Waals surface area (Å²) in [6.07, 6.45) is 4.71. The van der Waals surface area contributed by atoms with Crippen LogP contribution in [0.1, 0.15) is 32.6 Å². The quantitative estimate of drug-likeness (QED) is 0.608. The van der Waals surface area contributed by atoms with Crippen molar-refractivity contribution >= 4 is 0 Å². The molecule has 0 aromatic carbocycles. The van der Waals surface area contributed by atoms with E-state index in [2.05, 4.69) is 12.2 Å². The molecule has 1 rings (SSSR count). The molecule has 108 valence electrons. The Morgan fingerprint density at radius 3 is 2.89 bits per heavy atom. The van der Waals surface area contributed by atoms with Crippen molar-refractivity contribution in [1.82, 2.24) is 5.32 Å². The summed E-state index contributed by atoms with van der Waals surface area (Å²) in [6, 6.07) is 0.535. The third-order valence-corrected chi connectivity index (χ3v) is 3.43. The van der Waals surface area contributed by atoms with E-state index in [1.165, 1.54) is 19.3 Å². The molecule has 0 aromatic heterocycles. The fourth-order valence-electron chi connectivity index (χ4n) is 2.37. The van der Waals surface area contributed by atoms with Crippen LogP contribution in [0.2, 0.25) is 0 Å². The minimum Gasteiger partial charge on any atom is -0.382 e. The van der Waals surface area contributed by atoms with E-state index < -0.39 is 0 Å². The monoisotopic (exact) mass is 259 g/mol. The van der Waals surface area contributed by atoms with Crippen molar-refractivity contribution < 1.29 is 14.2 Å². The van der Waals surface area contributed by atoms with Gasteiger partial charge in [0.2, 0.25) is 0 Å². The predicted octanol–water partition coefficient (Wildman–Crippen LogP) is 1.83. The molecule has 0 aliphatic carbocycles. The standard InChI is InChI=1S/C14H29NO3/c1-3-7-15-14(6-9-17-11-10-16-2)13-5-4-8-18-12-13/h13-15H,3-12H2,1-2H3. The minimum absolute atomic E-state index is 0.535. The summed E-state index contributed by atoms with van der Waals surface area (Å²) in [5, 5.41) is 3.64. The zero-order chi connectivity index (χ0) is 13.1. The van der Waals surface area contributed by atoms with E-state index in [0.29, 0.717) is 25.2 Å². The lowest BCUT2D eigenvalue weighted by Gasteiger charge is -2.31. The second kappa shape index (κ2) is 10.7. The van der Waals surface area contributed by atoms with E-state index in [1.54, 1.807) is 7.11 Å². The first-order valence-corrected chi connectivity index (χ1v) is 7.26. The highest BCUT2D eigenvalue weighted by Gasteiger charge is 2.23. The summed E-state index contributed by atoms with van der Waals surface area (Å²) in [5.41, 5.74) is 0. The predicted molar refractivity (Wildman–Crippen MR) is 72.9 cm³/mol. The molecule has 1 N–H and O–H groups in total. The van der Waals surface area contributed by atoms with E-state index in [9.17, 15) is 0 Å². The first-order valence-electron chi connectivity index (χ1n) is 7.26. The molecule has 0 bridgehead atoms. The summed E-state index contributed by atoms with van der Waals surface area (Å²) in [6.45, 7) is 7.30. The highest BCUT2D eigenvalue weighted by atomic mass is 16.5. The number of hydrogen-bond acceptors (Lipinski definition) is 4. The molecule has 1 aliphatic rings. The Morgan fingerprint density at radius 1 is 1.33 bits per heavy atom. The van der Waals surface area contributed by atoms with Crippen LogP contribution < -0.4 is 5.32 Å². The topological polar surface area (TPSA) is 39.7 Å². The molecular weight excluding hydrogens is 230 g/mol. The van der Waals surface area contributed by atoms with Gasteiger partial charge in [-0.05, 0) is 38.1 Å². The van der Waals surface area contributed by atoms with Crippen LogP contribution in [0.15, 0.2) is 0 Å². The van der Waals surface area contributed by atoms with Crippen molar-refractivity contribution in [3.05, 3.63) is 0 Å². The van der Waals surface area contributed by atoms with E-state index in [1.807, 2.05) is 0 Å². The lowest BCUT2D eigenvalue weighted by molar-refractivity contribution is 0.0254. The van der Waals surface area contributed by atoms with E-state index in [0.717, 1.165) is 32.8 Å². The summed E-state index contributed by atoms with van der Waals surface area (Å²) >= 11 is 0. The maximum atomic E-state index is 5.59. The lowest BCUT2D eigenvalue weighted by atomic mass is 9.91. The van der Waals surface area contributed by atoms with Crippen molar-refractivity contribution in [1.29, 1.82) is 0 Å². The van der Waals surface area contributed by atoms with Crippen LogP contribution in [-0.2, 0) is 14.2 Å². The molecule has 1 fully saturated rings. The molecule has 0 radical (unpaired) electrons. The highest BCUT2D eigenvalue weighted by molar-refractivity contribution is 4.78. The summed E-state index contributed by atoms with van der Waals surface area (Å²) in [4.78, 5) is 0. The highest BCUT2D eigenvalue weighted by Crippen LogP contribution is 2.19. The fraction of sp³-hybridized carbons (Fsp3) is 1.00. The maximum Gasteiger partial charge on any atom is 0.0700 e. The molecule has 2 unspecified atom stereocenters. The van der Waals surface area contributed by atoms with E-state index in [4.69, 9.17) is 14.2 Å². The number of rotatable bonds is 10. The molecule has 0 aromatic rings. The Kier molecular flexibility index (Phi) is 9.48. The molecule has 18 heavy (non-hydrogen) atoms. The second-order valence-electron chi connectivity index (χ2n) is 4.93. The van der Waals surface area contributed by atoms with Gasteiger partial charge in [-0.1, -0.05) is 6.92 Å². The normalized spacial score (nSPS) is 22.0. The van der Waals surface area contributed by atoms with Gasteiger partial charge in [-0.2, -0.15) is 0 Å². The molecule has 4 heteroatoms. The minimum atomic E-state index is 0.535. The number of nitrogens with one attached hydrogen (secondary N) is 1. The van der Waals surface area contributed by atoms with Crippen molar-refractivity contribution in [3.63, 3.8) is 0 Å². The third kappa shape index (κ3) is 6.69. The third-order valence-electron chi connectivity index (χ3n) is 3.43. The lowest BCUT2D eigenvalue weighted by Crippen LogP contribution is -2.41. The zero-order valence-corrected chi connectivity index (χ0v) is 12.0. The van der Waals surface area contributed by atoms with Crippen LogP contribution in [0.3, 0.4) is 0 Å². The number of hydrogen-bond donors (Lipinski definition) is 1. The Morgan fingerprint density at radius 2 is 2.22 bits per heavy atom. The first kappa shape index (κ1) is 15.9. The Balaban J connectivity index is 2.21. The Bertz CT molecular complexity index is 184. The van der Waals surface area contributed by atoms with Crippen LogP contribution in [0.4, 0.5) is 0 Å². The van der Waals surface area contributed by atoms with Crippen LogP contribution >= 0.6 is 0 Å². The van der Waals surface area contributed by atoms with Crippen molar-refractivity contribution in [2.75, 3.05) is 46.7 Å². The molecule has 1 heterocycles. The molecule has 2 atom stereocenters. The summed E-state index contributed by atoms with van der Waals surface area (Å²) < 4.78 is 16.1. The van der Waals surface area contributed by atoms with Crippen molar-refractivity contribution in [2.24, 2.45) is 5.92 Å². The summed E-state index contributed by atoms with van der Waals surface area (Å²) in [5.74, 6) is 0.649. The Hall–Kier alpha value is -0.160. The van der Waals surface area contributed by atoms with Crippen LogP contribution in [0.5, 0.6) is 0 Å². The average Bonchev–Trinajstić information content (AvgIpc) is 2.43. The van der Waals surface area contributed by atoms with Gasteiger partial charge >= 0.3 is 0 Å². The van der Waals surface area contributed by atoms with Gasteiger partial charge in [-0.15, -0.1) is 0 Å². The summed E-state index contributed by atoms with van der Waals surface area (Å²) in [7, 11) is 1.70. The molecule has 0 amide bonds. The second-order valence-corrected chi connectivity index (χ2v) is 4.93. The fourth-order valence-corrected chi connectivity index (χ4v) is 2.37. The van der Waals surface area contributed by atoms with Gasteiger partial charge < -0.3 is 19.5 Å². The smallest absolute Gasteiger partial charge is 0.0700 e. The van der Waals surface area contributed by atoms with Crippen LogP contribution in [-0.4, -0.2) is 52.7 Å². The molecule has 0 saturated carbocycles. The first-order chi connectivity index (χ1) is 8.88. The van der Waals surface area contributed by atoms with Gasteiger partial charge in [0, 0.05) is 26.4 Å². The van der Waals surface area contributed by atoms with Crippen molar-refractivity contribution in [2.45, 2.75) is 38.6 Å². The Labute approximate surface area is 111 Å². The molecular formula is C14H29NO3. The van der Waals surface area contributed by atoms with Gasteiger partial charge in [0.05, 0.1) is 19.8 Å². The number of methoxy groups -OCH3 is 1. The SMILES string of the molecule is CCCNC(CCOCCOC)C1CCCOC1. The van der Waals surface area contributed by atoms with E-state index >= 15 is 0 Å². The molecule has 4 nitrogen and oxygen atoms in total. The van der Waals surface area contributed by atoms with Gasteiger partial charge in [0.25, 0.3) is 0 Å².